The summed E-state index contributed by atoms with van der Waals surface area (Å²) in [6, 6.07) is 0. The van der Waals surface area contributed by atoms with E-state index in [1.54, 1.807) is 19.5 Å². The minimum Gasteiger partial charge on any atom is -0.299 e. The van der Waals surface area contributed by atoms with Gasteiger partial charge in [-0.15, -0.1) is 0 Å². The highest BCUT2D eigenvalue weighted by molar-refractivity contribution is 5.63. The maximum atomic E-state index is 3.89. The van der Waals surface area contributed by atoms with Gasteiger partial charge in [-0.3, -0.25) is 9.98 Å². The standard InChI is InChI=1S/C5H10N2/c1-3-7-5-4-6-2/h3-4H,5H2,1-2H3. The second-order valence-electron chi connectivity index (χ2n) is 1.06. The molecular formula is C5H10N2. The van der Waals surface area contributed by atoms with Gasteiger partial charge in [-0.05, 0) is 13.1 Å². The van der Waals surface area contributed by atoms with Crippen LogP contribution in [-0.2, 0) is 0 Å². The minimum atomic E-state index is 0.715. The van der Waals surface area contributed by atoms with E-state index in [0.29, 0.717) is 6.54 Å². The average molecular weight is 98.1 g/mol. The zero-order chi connectivity index (χ0) is 5.54. The fourth-order valence-electron chi connectivity index (χ4n) is 0.234. The Morgan fingerprint density at radius 3 is 2.71 bits per heavy atom. The molecule has 0 aromatic carbocycles. The smallest absolute Gasteiger partial charge is 0.0733 e. The van der Waals surface area contributed by atoms with Crippen molar-refractivity contribution < 1.29 is 0 Å². The van der Waals surface area contributed by atoms with E-state index in [1.807, 2.05) is 6.92 Å². The second-order valence-corrected chi connectivity index (χ2v) is 1.06. The molecule has 0 spiro atoms. The molecular weight excluding hydrogens is 88.1 g/mol. The molecule has 0 atom stereocenters. The van der Waals surface area contributed by atoms with Crippen molar-refractivity contribution >= 4 is 12.4 Å². The predicted molar refractivity (Wildman–Crippen MR) is 33.4 cm³/mol. The first-order chi connectivity index (χ1) is 3.41. The topological polar surface area (TPSA) is 24.7 Å². The maximum absolute atomic E-state index is 3.89. The van der Waals surface area contributed by atoms with Crippen LogP contribution in [0.5, 0.6) is 0 Å². The lowest BCUT2D eigenvalue weighted by atomic mass is 10.7. The molecule has 0 fully saturated rings. The van der Waals surface area contributed by atoms with Crippen molar-refractivity contribution in [2.24, 2.45) is 9.98 Å². The van der Waals surface area contributed by atoms with E-state index >= 15 is 0 Å². The van der Waals surface area contributed by atoms with Gasteiger partial charge in [0.1, 0.15) is 0 Å². The van der Waals surface area contributed by atoms with Gasteiger partial charge < -0.3 is 0 Å². The lowest BCUT2D eigenvalue weighted by Gasteiger charge is -1.74. The predicted octanol–water partition coefficient (Wildman–Crippen LogP) is 0.778. The molecule has 0 bridgehead atoms. The van der Waals surface area contributed by atoms with Crippen molar-refractivity contribution in [1.82, 2.24) is 0 Å². The molecule has 0 radical (unpaired) electrons. The third-order valence-corrected chi connectivity index (χ3v) is 0.552. The molecule has 0 saturated carbocycles. The van der Waals surface area contributed by atoms with Crippen molar-refractivity contribution in [2.45, 2.75) is 6.92 Å². The third kappa shape index (κ3) is 5.34. The van der Waals surface area contributed by atoms with E-state index in [0.717, 1.165) is 0 Å². The first-order valence-electron chi connectivity index (χ1n) is 2.27. The molecule has 40 valence electrons. The Kier molecular flexibility index (Phi) is 4.84. The van der Waals surface area contributed by atoms with E-state index in [4.69, 9.17) is 0 Å². The van der Waals surface area contributed by atoms with Gasteiger partial charge >= 0.3 is 0 Å². The Balaban J connectivity index is 2.98. The van der Waals surface area contributed by atoms with Gasteiger partial charge in [0.05, 0.1) is 6.54 Å². The van der Waals surface area contributed by atoms with E-state index in [-0.39, 0.29) is 0 Å². The number of nitrogens with zero attached hydrogens (tertiary/aromatic N) is 2. The largest absolute Gasteiger partial charge is 0.299 e. The Labute approximate surface area is 44.0 Å². The molecule has 0 heterocycles. The highest BCUT2D eigenvalue weighted by Crippen LogP contribution is 1.60. The summed E-state index contributed by atoms with van der Waals surface area (Å²) < 4.78 is 0. The molecule has 0 aromatic rings. The van der Waals surface area contributed by atoms with E-state index < -0.39 is 0 Å². The monoisotopic (exact) mass is 98.1 g/mol. The Bertz CT molecular complexity index is 64.1. The maximum Gasteiger partial charge on any atom is 0.0733 e. The minimum absolute atomic E-state index is 0.715. The molecule has 0 rings (SSSR count). The van der Waals surface area contributed by atoms with Crippen molar-refractivity contribution in [3.63, 3.8) is 0 Å². The first kappa shape index (κ1) is 6.34. The lowest BCUT2D eigenvalue weighted by molar-refractivity contribution is 1.31. The average Bonchev–Trinajstić information content (AvgIpc) is 1.69. The lowest BCUT2D eigenvalue weighted by Crippen LogP contribution is -1.78. The molecule has 0 aliphatic heterocycles. The van der Waals surface area contributed by atoms with Gasteiger partial charge in [-0.1, -0.05) is 0 Å². The van der Waals surface area contributed by atoms with Gasteiger partial charge in [0.2, 0.25) is 0 Å². The van der Waals surface area contributed by atoms with Crippen molar-refractivity contribution in [2.75, 3.05) is 13.6 Å². The zero-order valence-corrected chi connectivity index (χ0v) is 4.76. The fourth-order valence-corrected chi connectivity index (χ4v) is 0.234. The molecule has 0 saturated heterocycles. The van der Waals surface area contributed by atoms with E-state index in [9.17, 15) is 0 Å². The van der Waals surface area contributed by atoms with Crippen molar-refractivity contribution in [1.29, 1.82) is 0 Å². The fraction of sp³-hybridized carbons (Fsp3) is 0.600. The Morgan fingerprint density at radius 1 is 1.57 bits per heavy atom. The van der Waals surface area contributed by atoms with Crippen LogP contribution < -0.4 is 0 Å². The molecule has 0 N–H and O–H groups in total. The molecule has 0 amide bonds. The van der Waals surface area contributed by atoms with Gasteiger partial charge in [0.15, 0.2) is 0 Å². The number of aliphatic imine (C=N–C) groups is 2. The van der Waals surface area contributed by atoms with Gasteiger partial charge in [-0.25, -0.2) is 0 Å². The van der Waals surface area contributed by atoms with Crippen LogP contribution in [0.4, 0.5) is 0 Å². The number of rotatable bonds is 2. The summed E-state index contributed by atoms with van der Waals surface area (Å²) in [6.45, 7) is 2.61. The van der Waals surface area contributed by atoms with Crippen LogP contribution in [0, 0.1) is 0 Å². The third-order valence-electron chi connectivity index (χ3n) is 0.552. The van der Waals surface area contributed by atoms with Crippen LogP contribution in [0.3, 0.4) is 0 Å². The quantitative estimate of drug-likeness (QED) is 0.456. The Hall–Kier alpha value is -0.660. The SMILES string of the molecule is CC=NCC=NC. The Morgan fingerprint density at radius 2 is 2.29 bits per heavy atom. The summed E-state index contributed by atoms with van der Waals surface area (Å²) in [4.78, 5) is 7.62. The summed E-state index contributed by atoms with van der Waals surface area (Å²) in [5.74, 6) is 0. The van der Waals surface area contributed by atoms with Crippen LogP contribution >= 0.6 is 0 Å². The summed E-state index contributed by atoms with van der Waals surface area (Å²) in [5.41, 5.74) is 0. The number of hydrogen-bond acceptors (Lipinski definition) is 2. The van der Waals surface area contributed by atoms with Gasteiger partial charge in [-0.2, -0.15) is 0 Å². The van der Waals surface area contributed by atoms with Crippen LogP contribution in [0.2, 0.25) is 0 Å². The molecule has 0 aromatic heterocycles. The van der Waals surface area contributed by atoms with E-state index in [2.05, 4.69) is 9.98 Å². The molecule has 2 nitrogen and oxygen atoms in total. The molecule has 7 heavy (non-hydrogen) atoms. The normalized spacial score (nSPS) is 11.7. The molecule has 0 aliphatic rings. The van der Waals surface area contributed by atoms with Crippen LogP contribution in [0.15, 0.2) is 9.98 Å². The zero-order valence-electron chi connectivity index (χ0n) is 4.76. The summed E-state index contributed by atoms with van der Waals surface area (Å²) >= 11 is 0. The van der Waals surface area contributed by atoms with Crippen molar-refractivity contribution in [3.05, 3.63) is 0 Å². The van der Waals surface area contributed by atoms with Gasteiger partial charge in [0.25, 0.3) is 0 Å². The van der Waals surface area contributed by atoms with Crippen LogP contribution in [0.25, 0.3) is 0 Å². The van der Waals surface area contributed by atoms with E-state index in [1.165, 1.54) is 0 Å². The van der Waals surface area contributed by atoms with Crippen LogP contribution in [0.1, 0.15) is 6.92 Å². The van der Waals surface area contributed by atoms with Crippen LogP contribution in [-0.4, -0.2) is 26.0 Å². The molecule has 0 unspecified atom stereocenters. The summed E-state index contributed by atoms with van der Waals surface area (Å²) in [5, 5.41) is 0. The highest BCUT2D eigenvalue weighted by Gasteiger charge is 1.62. The summed E-state index contributed by atoms with van der Waals surface area (Å²) in [7, 11) is 1.74. The highest BCUT2D eigenvalue weighted by atomic mass is 14.7. The number of hydrogen-bond donors (Lipinski definition) is 0. The molecule has 2 heteroatoms. The molecule has 0 aliphatic carbocycles. The van der Waals surface area contributed by atoms with Gasteiger partial charge in [0, 0.05) is 13.3 Å². The summed E-state index contributed by atoms with van der Waals surface area (Å²) in [6.07, 6.45) is 3.53. The first-order valence-corrected chi connectivity index (χ1v) is 2.27. The van der Waals surface area contributed by atoms with Crippen molar-refractivity contribution in [3.8, 4) is 0 Å². The second kappa shape index (κ2) is 5.34.